The molecule has 0 spiro atoms. The van der Waals surface area contributed by atoms with E-state index in [0.29, 0.717) is 32.1 Å². The summed E-state index contributed by atoms with van der Waals surface area (Å²) in [5.41, 5.74) is -1.05. The first-order valence-corrected chi connectivity index (χ1v) is 11.5. The molecule has 1 N–H and O–H groups in total. The zero-order valence-corrected chi connectivity index (χ0v) is 17.8. The van der Waals surface area contributed by atoms with E-state index in [4.69, 9.17) is 9.47 Å². The van der Waals surface area contributed by atoms with Crippen molar-refractivity contribution in [2.45, 2.75) is 42.5 Å². The lowest BCUT2D eigenvalue weighted by atomic mass is 10.1. The molecule has 2 aliphatic rings. The molecule has 174 valence electrons. The van der Waals surface area contributed by atoms with Crippen molar-refractivity contribution in [3.05, 3.63) is 36.3 Å². The number of hydrogen-bond acceptors (Lipinski definition) is 8. The fraction of sp³-hybridized carbons (Fsp3) is 0.526. The van der Waals surface area contributed by atoms with Crippen LogP contribution in [0.3, 0.4) is 0 Å². The number of anilines is 1. The third kappa shape index (κ3) is 5.10. The molecule has 1 atom stereocenters. The Morgan fingerprint density at radius 2 is 1.97 bits per heavy atom. The van der Waals surface area contributed by atoms with Gasteiger partial charge in [-0.3, -0.25) is 4.98 Å². The van der Waals surface area contributed by atoms with Gasteiger partial charge in [0.25, 0.3) is 0 Å². The summed E-state index contributed by atoms with van der Waals surface area (Å²) in [6, 6.07) is 2.84. The van der Waals surface area contributed by atoms with Crippen molar-refractivity contribution in [3.63, 3.8) is 0 Å². The fourth-order valence-corrected chi connectivity index (χ4v) is 4.99. The minimum Gasteiger partial charge on any atom is -0.471 e. The average molecular weight is 473 g/mol. The highest BCUT2D eigenvalue weighted by Gasteiger charge is 2.37. The maximum atomic E-state index is 13.3. The quantitative estimate of drug-likeness (QED) is 0.682. The number of hydrogen-bond donors (Lipinski definition) is 1. The number of aromatic nitrogens is 3. The molecule has 0 amide bonds. The second-order valence-electron chi connectivity index (χ2n) is 7.53. The van der Waals surface area contributed by atoms with Gasteiger partial charge < -0.3 is 14.8 Å². The lowest BCUT2D eigenvalue weighted by Crippen LogP contribution is -2.42. The van der Waals surface area contributed by atoms with E-state index in [0.717, 1.165) is 0 Å². The van der Waals surface area contributed by atoms with Gasteiger partial charge in [-0.05, 0) is 25.0 Å². The highest BCUT2D eigenvalue weighted by Crippen LogP contribution is 2.36. The molecule has 0 unspecified atom stereocenters. The lowest BCUT2D eigenvalue weighted by molar-refractivity contribution is -0.139. The van der Waals surface area contributed by atoms with E-state index in [-0.39, 0.29) is 36.6 Å². The van der Waals surface area contributed by atoms with Crippen LogP contribution in [-0.4, -0.2) is 66.1 Å². The van der Waals surface area contributed by atoms with E-state index in [1.165, 1.54) is 22.8 Å². The monoisotopic (exact) mass is 473 g/mol. The standard InChI is InChI=1S/C19H22F3N5O4S/c20-19(21,22)16-11-24-18(26-17(16)31-14-5-9-30-12-14)25-13-3-7-27(8-4-13)32(28,29)15-2-1-6-23-10-15/h1-2,6,10-11,13-14H,3-5,7-9,12H2,(H,24,25,26)/t14-/m0/s1. The summed E-state index contributed by atoms with van der Waals surface area (Å²) in [6.07, 6.45) is -0.299. The number of nitrogens with one attached hydrogen (secondary N) is 1. The average Bonchev–Trinajstić information content (AvgIpc) is 3.27. The predicted molar refractivity (Wildman–Crippen MR) is 107 cm³/mol. The zero-order valence-electron chi connectivity index (χ0n) is 17.0. The van der Waals surface area contributed by atoms with Gasteiger partial charge in [-0.25, -0.2) is 13.4 Å². The summed E-state index contributed by atoms with van der Waals surface area (Å²) in [6.45, 7) is 1.12. The molecule has 9 nitrogen and oxygen atoms in total. The van der Waals surface area contributed by atoms with Crippen LogP contribution in [0, 0.1) is 0 Å². The van der Waals surface area contributed by atoms with Gasteiger partial charge >= 0.3 is 6.18 Å². The molecule has 0 saturated carbocycles. The van der Waals surface area contributed by atoms with Gasteiger partial charge in [-0.15, -0.1) is 0 Å². The maximum absolute atomic E-state index is 13.3. The molecule has 2 aromatic rings. The molecule has 2 aliphatic heterocycles. The minimum absolute atomic E-state index is 0.000446. The molecule has 2 fully saturated rings. The smallest absolute Gasteiger partial charge is 0.423 e. The third-order valence-corrected chi connectivity index (χ3v) is 7.17. The number of nitrogens with zero attached hydrogens (tertiary/aromatic N) is 4. The molecular formula is C19H22F3N5O4S. The number of halogens is 3. The predicted octanol–water partition coefficient (Wildman–Crippen LogP) is 2.32. The third-order valence-electron chi connectivity index (χ3n) is 5.28. The number of ether oxygens (including phenoxy) is 2. The first-order valence-electron chi connectivity index (χ1n) is 10.1. The summed E-state index contributed by atoms with van der Waals surface area (Å²) < 4.78 is 77.4. The molecular weight excluding hydrogens is 451 g/mol. The Bertz CT molecular complexity index is 1030. The van der Waals surface area contributed by atoms with Gasteiger partial charge in [-0.1, -0.05) is 0 Å². The largest absolute Gasteiger partial charge is 0.471 e. The molecule has 13 heteroatoms. The van der Waals surface area contributed by atoms with Crippen molar-refractivity contribution in [3.8, 4) is 5.88 Å². The Morgan fingerprint density at radius 3 is 2.59 bits per heavy atom. The van der Waals surface area contributed by atoms with Crippen LogP contribution in [0.5, 0.6) is 5.88 Å². The molecule has 0 aromatic carbocycles. The SMILES string of the molecule is O=S(=O)(c1cccnc1)N1CCC(Nc2ncc(C(F)(F)F)c(O[C@H]3CCOC3)n2)CC1. The molecule has 2 saturated heterocycles. The molecule has 4 heterocycles. The highest BCUT2D eigenvalue weighted by molar-refractivity contribution is 7.89. The number of rotatable bonds is 6. The van der Waals surface area contributed by atoms with Crippen molar-refractivity contribution < 1.29 is 31.1 Å². The summed E-state index contributed by atoms with van der Waals surface area (Å²) in [7, 11) is -3.65. The van der Waals surface area contributed by atoms with Crippen molar-refractivity contribution in [1.29, 1.82) is 0 Å². The van der Waals surface area contributed by atoms with Gasteiger partial charge in [0, 0.05) is 44.1 Å². The van der Waals surface area contributed by atoms with Gasteiger partial charge in [0.05, 0.1) is 13.2 Å². The van der Waals surface area contributed by atoms with Crippen LogP contribution < -0.4 is 10.1 Å². The van der Waals surface area contributed by atoms with Gasteiger partial charge in [0.1, 0.15) is 16.6 Å². The van der Waals surface area contributed by atoms with E-state index < -0.39 is 33.7 Å². The molecule has 0 bridgehead atoms. The number of sulfonamides is 1. The minimum atomic E-state index is -4.65. The van der Waals surface area contributed by atoms with Gasteiger partial charge in [-0.2, -0.15) is 22.5 Å². The fourth-order valence-electron chi connectivity index (χ4n) is 3.56. The second-order valence-corrected chi connectivity index (χ2v) is 9.46. The Hall–Kier alpha value is -2.51. The highest BCUT2D eigenvalue weighted by atomic mass is 32.2. The van der Waals surface area contributed by atoms with Crippen molar-refractivity contribution in [2.24, 2.45) is 0 Å². The van der Waals surface area contributed by atoms with Crippen LogP contribution in [0.1, 0.15) is 24.8 Å². The number of alkyl halides is 3. The first kappa shape index (κ1) is 22.7. The van der Waals surface area contributed by atoms with Crippen molar-refractivity contribution in [1.82, 2.24) is 19.3 Å². The van der Waals surface area contributed by atoms with Crippen LogP contribution >= 0.6 is 0 Å². The van der Waals surface area contributed by atoms with E-state index in [1.807, 2.05) is 0 Å². The normalized spacial score (nSPS) is 20.9. The molecule has 2 aromatic heterocycles. The Kier molecular flexibility index (Phi) is 6.49. The first-order chi connectivity index (χ1) is 15.2. The second kappa shape index (κ2) is 9.16. The van der Waals surface area contributed by atoms with Crippen LogP contribution in [0.15, 0.2) is 35.6 Å². The van der Waals surface area contributed by atoms with E-state index >= 15 is 0 Å². The van der Waals surface area contributed by atoms with E-state index in [2.05, 4.69) is 20.3 Å². The Balaban J connectivity index is 1.42. The zero-order chi connectivity index (χ0) is 22.8. The van der Waals surface area contributed by atoms with Crippen LogP contribution in [0.2, 0.25) is 0 Å². The van der Waals surface area contributed by atoms with E-state index in [9.17, 15) is 21.6 Å². The van der Waals surface area contributed by atoms with Crippen LogP contribution in [0.25, 0.3) is 0 Å². The molecule has 32 heavy (non-hydrogen) atoms. The summed E-state index contributed by atoms with van der Waals surface area (Å²) in [4.78, 5) is 11.7. The lowest BCUT2D eigenvalue weighted by Gasteiger charge is -2.31. The Labute approximate surface area is 183 Å². The summed E-state index contributed by atoms with van der Waals surface area (Å²) >= 11 is 0. The molecule has 4 rings (SSSR count). The number of piperidine rings is 1. The maximum Gasteiger partial charge on any atom is 0.423 e. The van der Waals surface area contributed by atoms with Crippen LogP contribution in [0.4, 0.5) is 19.1 Å². The van der Waals surface area contributed by atoms with Crippen LogP contribution in [-0.2, 0) is 20.9 Å². The van der Waals surface area contributed by atoms with E-state index in [1.54, 1.807) is 6.07 Å². The summed E-state index contributed by atoms with van der Waals surface area (Å²) in [5, 5.41) is 3.00. The topological polar surface area (TPSA) is 107 Å². The molecule has 0 radical (unpaired) electrons. The van der Waals surface area contributed by atoms with Gasteiger partial charge in [0.2, 0.25) is 21.9 Å². The van der Waals surface area contributed by atoms with Crippen molar-refractivity contribution in [2.75, 3.05) is 31.6 Å². The summed E-state index contributed by atoms with van der Waals surface area (Å²) in [5.74, 6) is -0.539. The molecule has 0 aliphatic carbocycles. The van der Waals surface area contributed by atoms with Gasteiger partial charge in [0.15, 0.2) is 0 Å². The number of pyridine rings is 1. The Morgan fingerprint density at radius 1 is 1.19 bits per heavy atom. The van der Waals surface area contributed by atoms with Crippen molar-refractivity contribution >= 4 is 16.0 Å².